The first-order valence-electron chi connectivity index (χ1n) is 8.60. The van der Waals surface area contributed by atoms with Crippen molar-refractivity contribution >= 4 is 17.4 Å². The smallest absolute Gasteiger partial charge is 0.254 e. The van der Waals surface area contributed by atoms with Crippen molar-refractivity contribution < 1.29 is 14.3 Å². The van der Waals surface area contributed by atoms with Crippen LogP contribution >= 0.6 is 0 Å². The molecule has 0 unspecified atom stereocenters. The second kappa shape index (κ2) is 7.95. The molecule has 3 N–H and O–H groups in total. The second-order valence-electron chi connectivity index (χ2n) is 6.27. The van der Waals surface area contributed by atoms with Crippen molar-refractivity contribution in [1.82, 2.24) is 9.88 Å². The monoisotopic (exact) mass is 356 g/mol. The van der Waals surface area contributed by atoms with Crippen LogP contribution in [-0.2, 0) is 0 Å². The lowest BCUT2D eigenvalue weighted by Gasteiger charge is -2.34. The SMILES string of the molecule is COc1ccc(N[C@H]2CCCN(C(=O)c3ccnc(N)c3)C2)cc1OC. The highest BCUT2D eigenvalue weighted by atomic mass is 16.5. The minimum atomic E-state index is -0.0158. The number of nitrogens with one attached hydrogen (secondary N) is 1. The largest absolute Gasteiger partial charge is 0.493 e. The number of nitrogens with zero attached hydrogens (tertiary/aromatic N) is 2. The number of hydrogen-bond donors (Lipinski definition) is 2. The van der Waals surface area contributed by atoms with Crippen LogP contribution in [0.2, 0.25) is 0 Å². The number of nitrogens with two attached hydrogens (primary N) is 1. The minimum Gasteiger partial charge on any atom is -0.493 e. The molecule has 2 heterocycles. The highest BCUT2D eigenvalue weighted by Gasteiger charge is 2.24. The molecule has 1 amide bonds. The van der Waals surface area contributed by atoms with Gasteiger partial charge in [-0.25, -0.2) is 4.98 Å². The maximum Gasteiger partial charge on any atom is 0.254 e. The Labute approximate surface area is 153 Å². The Kier molecular flexibility index (Phi) is 5.46. The maximum atomic E-state index is 12.7. The number of likely N-dealkylation sites (tertiary alicyclic amines) is 1. The number of anilines is 2. The van der Waals surface area contributed by atoms with Gasteiger partial charge in [-0.1, -0.05) is 0 Å². The van der Waals surface area contributed by atoms with Gasteiger partial charge in [-0.05, 0) is 37.1 Å². The molecule has 1 atom stereocenters. The first kappa shape index (κ1) is 17.8. The lowest BCUT2D eigenvalue weighted by molar-refractivity contribution is 0.0714. The summed E-state index contributed by atoms with van der Waals surface area (Å²) < 4.78 is 10.6. The van der Waals surface area contributed by atoms with Crippen LogP contribution in [0, 0.1) is 0 Å². The number of rotatable bonds is 5. The fourth-order valence-electron chi connectivity index (χ4n) is 3.21. The molecular formula is C19H24N4O3. The number of benzene rings is 1. The predicted molar refractivity (Wildman–Crippen MR) is 101 cm³/mol. The average molecular weight is 356 g/mol. The van der Waals surface area contributed by atoms with Crippen LogP contribution in [0.5, 0.6) is 11.5 Å². The number of ether oxygens (including phenoxy) is 2. The van der Waals surface area contributed by atoms with Crippen LogP contribution in [0.25, 0.3) is 0 Å². The summed E-state index contributed by atoms with van der Waals surface area (Å²) in [5.74, 6) is 1.70. The van der Waals surface area contributed by atoms with Crippen molar-refractivity contribution in [3.8, 4) is 11.5 Å². The summed E-state index contributed by atoms with van der Waals surface area (Å²) in [6.07, 6.45) is 3.50. The number of nitrogen functional groups attached to an aromatic ring is 1. The highest BCUT2D eigenvalue weighted by Crippen LogP contribution is 2.30. The van der Waals surface area contributed by atoms with E-state index in [1.54, 1.807) is 32.5 Å². The van der Waals surface area contributed by atoms with E-state index in [2.05, 4.69) is 10.3 Å². The Bertz CT molecular complexity index is 781. The van der Waals surface area contributed by atoms with Crippen LogP contribution < -0.4 is 20.5 Å². The Balaban J connectivity index is 1.68. The molecule has 0 radical (unpaired) electrons. The number of aromatic nitrogens is 1. The third-order valence-electron chi connectivity index (χ3n) is 4.49. The Morgan fingerprint density at radius 3 is 2.77 bits per heavy atom. The molecule has 0 aliphatic carbocycles. The van der Waals surface area contributed by atoms with Crippen LogP contribution in [0.15, 0.2) is 36.5 Å². The number of amides is 1. The minimum absolute atomic E-state index is 0.0158. The zero-order chi connectivity index (χ0) is 18.5. The molecule has 1 fully saturated rings. The molecule has 0 saturated carbocycles. The number of pyridine rings is 1. The van der Waals surface area contributed by atoms with E-state index in [0.717, 1.165) is 25.1 Å². The van der Waals surface area contributed by atoms with Crippen LogP contribution in [0.3, 0.4) is 0 Å². The number of piperidine rings is 1. The lowest BCUT2D eigenvalue weighted by Crippen LogP contribution is -2.45. The summed E-state index contributed by atoms with van der Waals surface area (Å²) >= 11 is 0. The highest BCUT2D eigenvalue weighted by molar-refractivity contribution is 5.94. The lowest BCUT2D eigenvalue weighted by atomic mass is 10.0. The Morgan fingerprint density at radius 1 is 1.23 bits per heavy atom. The topological polar surface area (TPSA) is 89.7 Å². The molecule has 1 saturated heterocycles. The molecule has 7 heteroatoms. The summed E-state index contributed by atoms with van der Waals surface area (Å²) in [5.41, 5.74) is 7.20. The Hall–Kier alpha value is -2.96. The zero-order valence-corrected chi connectivity index (χ0v) is 15.1. The van der Waals surface area contributed by atoms with Gasteiger partial charge in [-0.2, -0.15) is 0 Å². The average Bonchev–Trinajstić information content (AvgIpc) is 2.67. The van der Waals surface area contributed by atoms with Crippen molar-refractivity contribution in [2.75, 3.05) is 38.4 Å². The fourth-order valence-corrected chi connectivity index (χ4v) is 3.21. The van der Waals surface area contributed by atoms with Crippen LogP contribution in [0.1, 0.15) is 23.2 Å². The first-order chi connectivity index (χ1) is 12.6. The van der Waals surface area contributed by atoms with E-state index in [9.17, 15) is 4.79 Å². The van der Waals surface area contributed by atoms with Gasteiger partial charge in [0.05, 0.1) is 14.2 Å². The van der Waals surface area contributed by atoms with E-state index in [0.29, 0.717) is 29.4 Å². The van der Waals surface area contributed by atoms with Crippen molar-refractivity contribution in [3.05, 3.63) is 42.1 Å². The molecule has 7 nitrogen and oxygen atoms in total. The number of hydrogen-bond acceptors (Lipinski definition) is 6. The quantitative estimate of drug-likeness (QED) is 0.855. The number of carbonyl (C=O) groups is 1. The van der Waals surface area contributed by atoms with E-state index in [4.69, 9.17) is 15.2 Å². The molecule has 0 spiro atoms. The zero-order valence-electron chi connectivity index (χ0n) is 15.1. The van der Waals surface area contributed by atoms with Crippen molar-refractivity contribution in [2.24, 2.45) is 0 Å². The molecule has 138 valence electrons. The molecule has 3 rings (SSSR count). The molecule has 0 bridgehead atoms. The molecule has 2 aromatic rings. The molecule has 1 aromatic heterocycles. The third kappa shape index (κ3) is 3.99. The van der Waals surface area contributed by atoms with Gasteiger partial charge in [0.15, 0.2) is 11.5 Å². The van der Waals surface area contributed by atoms with Crippen LogP contribution in [0.4, 0.5) is 11.5 Å². The molecule has 1 aliphatic rings. The normalized spacial score (nSPS) is 16.8. The standard InChI is InChI=1S/C19H24N4O3/c1-25-16-6-5-14(11-17(16)26-2)22-15-4-3-9-23(12-15)19(24)13-7-8-21-18(20)10-13/h5-8,10-11,15,22H,3-4,9,12H2,1-2H3,(H2,20,21)/t15-/m0/s1. The first-order valence-corrected chi connectivity index (χ1v) is 8.60. The van der Waals surface area contributed by atoms with Gasteiger partial charge in [0, 0.05) is 42.6 Å². The van der Waals surface area contributed by atoms with Crippen molar-refractivity contribution in [2.45, 2.75) is 18.9 Å². The van der Waals surface area contributed by atoms with E-state index < -0.39 is 0 Å². The molecular weight excluding hydrogens is 332 g/mol. The third-order valence-corrected chi connectivity index (χ3v) is 4.49. The molecule has 26 heavy (non-hydrogen) atoms. The van der Waals surface area contributed by atoms with Gasteiger partial charge in [0.25, 0.3) is 5.91 Å². The van der Waals surface area contributed by atoms with Gasteiger partial charge >= 0.3 is 0 Å². The van der Waals surface area contributed by atoms with E-state index in [1.807, 2.05) is 23.1 Å². The van der Waals surface area contributed by atoms with Crippen LogP contribution in [-0.4, -0.2) is 49.1 Å². The van der Waals surface area contributed by atoms with Gasteiger partial charge in [-0.15, -0.1) is 0 Å². The second-order valence-corrected chi connectivity index (χ2v) is 6.27. The van der Waals surface area contributed by atoms with E-state index >= 15 is 0 Å². The summed E-state index contributed by atoms with van der Waals surface area (Å²) in [6.45, 7) is 1.38. The van der Waals surface area contributed by atoms with Crippen molar-refractivity contribution in [3.63, 3.8) is 0 Å². The molecule has 1 aromatic carbocycles. The summed E-state index contributed by atoms with van der Waals surface area (Å²) in [6, 6.07) is 9.21. The molecule has 1 aliphatic heterocycles. The number of methoxy groups -OCH3 is 2. The van der Waals surface area contributed by atoms with E-state index in [-0.39, 0.29) is 11.9 Å². The van der Waals surface area contributed by atoms with Gasteiger partial charge in [-0.3, -0.25) is 4.79 Å². The fraction of sp³-hybridized carbons (Fsp3) is 0.368. The van der Waals surface area contributed by atoms with Gasteiger partial charge < -0.3 is 25.4 Å². The summed E-state index contributed by atoms with van der Waals surface area (Å²) in [7, 11) is 3.23. The maximum absolute atomic E-state index is 12.7. The summed E-state index contributed by atoms with van der Waals surface area (Å²) in [4.78, 5) is 18.5. The Morgan fingerprint density at radius 2 is 2.04 bits per heavy atom. The summed E-state index contributed by atoms with van der Waals surface area (Å²) in [5, 5.41) is 3.49. The van der Waals surface area contributed by atoms with Crippen molar-refractivity contribution in [1.29, 1.82) is 0 Å². The predicted octanol–water partition coefficient (Wildman–Crippen LogP) is 2.40. The number of carbonyl (C=O) groups excluding carboxylic acids is 1. The van der Waals surface area contributed by atoms with Gasteiger partial charge in [0.2, 0.25) is 0 Å². The van der Waals surface area contributed by atoms with E-state index in [1.165, 1.54) is 0 Å². The van der Waals surface area contributed by atoms with Gasteiger partial charge in [0.1, 0.15) is 5.82 Å².